The second-order valence-corrected chi connectivity index (χ2v) is 6.75. The second kappa shape index (κ2) is 8.62. The number of hydrogen-bond donors (Lipinski definition) is 4. The fourth-order valence-electron chi connectivity index (χ4n) is 3.06. The van der Waals surface area contributed by atoms with Gasteiger partial charge in [-0.25, -0.2) is 0 Å². The summed E-state index contributed by atoms with van der Waals surface area (Å²) in [7, 11) is 1.59. The summed E-state index contributed by atoms with van der Waals surface area (Å²) in [6.07, 6.45) is -1.59. The first-order valence-corrected chi connectivity index (χ1v) is 8.50. The van der Waals surface area contributed by atoms with Gasteiger partial charge in [0.1, 0.15) is 18.0 Å². The van der Waals surface area contributed by atoms with Crippen molar-refractivity contribution >= 4 is 5.91 Å². The van der Waals surface area contributed by atoms with Crippen LogP contribution < -0.4 is 15.8 Å². The van der Waals surface area contributed by atoms with E-state index >= 15 is 0 Å². The van der Waals surface area contributed by atoms with Crippen molar-refractivity contribution in [3.05, 3.63) is 29.8 Å². The van der Waals surface area contributed by atoms with Gasteiger partial charge < -0.3 is 30.7 Å². The minimum absolute atomic E-state index is 0.0684. The molecule has 1 aromatic rings. The zero-order valence-corrected chi connectivity index (χ0v) is 14.9. The van der Waals surface area contributed by atoms with E-state index in [-0.39, 0.29) is 18.4 Å². The highest BCUT2D eigenvalue weighted by molar-refractivity contribution is 5.82. The van der Waals surface area contributed by atoms with E-state index in [1.165, 1.54) is 0 Å². The molecule has 5 atom stereocenters. The maximum Gasteiger partial charge on any atom is 0.237 e. The maximum atomic E-state index is 12.4. The van der Waals surface area contributed by atoms with Gasteiger partial charge in [0.2, 0.25) is 5.91 Å². The Morgan fingerprint density at radius 3 is 2.52 bits per heavy atom. The largest absolute Gasteiger partial charge is 0.497 e. The van der Waals surface area contributed by atoms with Crippen molar-refractivity contribution in [3.63, 3.8) is 0 Å². The monoisotopic (exact) mass is 352 g/mol. The van der Waals surface area contributed by atoms with Gasteiger partial charge >= 0.3 is 0 Å². The summed E-state index contributed by atoms with van der Waals surface area (Å²) in [4.78, 5) is 12.4. The number of nitrogens with two attached hydrogens (primary N) is 1. The fourth-order valence-corrected chi connectivity index (χ4v) is 3.06. The number of ether oxygens (including phenoxy) is 2. The van der Waals surface area contributed by atoms with Crippen molar-refractivity contribution in [2.24, 2.45) is 11.7 Å². The number of nitrogens with one attached hydrogen (secondary N) is 1. The molecule has 7 nitrogen and oxygen atoms in total. The van der Waals surface area contributed by atoms with E-state index < -0.39 is 30.4 Å². The lowest BCUT2D eigenvalue weighted by Gasteiger charge is -2.23. The average Bonchev–Trinajstić information content (AvgIpc) is 2.91. The van der Waals surface area contributed by atoms with Crippen molar-refractivity contribution in [3.8, 4) is 5.75 Å². The van der Waals surface area contributed by atoms with Crippen LogP contribution in [0.3, 0.4) is 0 Å². The van der Waals surface area contributed by atoms with Crippen molar-refractivity contribution in [1.29, 1.82) is 0 Å². The summed E-state index contributed by atoms with van der Waals surface area (Å²) in [5, 5.41) is 22.6. The Bertz CT molecular complexity index is 563. The van der Waals surface area contributed by atoms with Crippen LogP contribution >= 0.6 is 0 Å². The third kappa shape index (κ3) is 4.70. The second-order valence-electron chi connectivity index (χ2n) is 6.75. The predicted octanol–water partition coefficient (Wildman–Crippen LogP) is -0.174. The zero-order valence-electron chi connectivity index (χ0n) is 14.9. The first kappa shape index (κ1) is 19.7. The lowest BCUT2D eigenvalue weighted by molar-refractivity contribution is -0.124. The standard InChI is InChI=1S/C18H28N2O5/c1-10(2)17-16(22)15(14(9-21)25-17)20-18(23)13(19)8-11-4-6-12(24-3)7-5-11/h4-7,10,13-17,21-22H,8-9,19H2,1-3H3,(H,20,23)/t13?,14-,15?,16+,17+/m1/s1. The average molecular weight is 352 g/mol. The normalized spacial score (nSPS) is 27.3. The molecule has 5 N–H and O–H groups in total. The minimum Gasteiger partial charge on any atom is -0.497 e. The predicted molar refractivity (Wildman–Crippen MR) is 93.2 cm³/mol. The molecule has 1 aliphatic heterocycles. The number of amides is 1. The zero-order chi connectivity index (χ0) is 18.6. The van der Waals surface area contributed by atoms with E-state index in [4.69, 9.17) is 15.2 Å². The number of aliphatic hydroxyl groups excluding tert-OH is 2. The van der Waals surface area contributed by atoms with Crippen LogP contribution in [0, 0.1) is 5.92 Å². The molecule has 25 heavy (non-hydrogen) atoms. The minimum atomic E-state index is -0.880. The van der Waals surface area contributed by atoms with Gasteiger partial charge in [0.05, 0.1) is 31.9 Å². The van der Waals surface area contributed by atoms with Crippen molar-refractivity contribution in [1.82, 2.24) is 5.32 Å². The van der Waals surface area contributed by atoms with E-state index in [0.29, 0.717) is 6.42 Å². The molecule has 2 unspecified atom stereocenters. The molecule has 0 aliphatic carbocycles. The van der Waals surface area contributed by atoms with Crippen LogP contribution in [-0.4, -0.2) is 60.2 Å². The van der Waals surface area contributed by atoms with Crippen LogP contribution in [0.5, 0.6) is 5.75 Å². The van der Waals surface area contributed by atoms with Gasteiger partial charge in [-0.05, 0) is 30.0 Å². The van der Waals surface area contributed by atoms with Crippen molar-refractivity contribution in [2.45, 2.75) is 50.7 Å². The highest BCUT2D eigenvalue weighted by Crippen LogP contribution is 2.26. The molecule has 1 amide bonds. The van der Waals surface area contributed by atoms with Gasteiger partial charge in [-0.3, -0.25) is 4.79 Å². The fraction of sp³-hybridized carbons (Fsp3) is 0.611. The summed E-state index contributed by atoms with van der Waals surface area (Å²) >= 11 is 0. The molecule has 0 saturated carbocycles. The molecular weight excluding hydrogens is 324 g/mol. The number of benzene rings is 1. The summed E-state index contributed by atoms with van der Waals surface area (Å²) in [6.45, 7) is 3.56. The molecule has 1 aromatic carbocycles. The van der Waals surface area contributed by atoms with Crippen LogP contribution in [0.4, 0.5) is 0 Å². The molecule has 1 heterocycles. The van der Waals surface area contributed by atoms with Crippen molar-refractivity contribution < 1.29 is 24.5 Å². The molecule has 1 fully saturated rings. The van der Waals surface area contributed by atoms with E-state index in [2.05, 4.69) is 5.32 Å². The quantitative estimate of drug-likeness (QED) is 0.542. The lowest BCUT2D eigenvalue weighted by atomic mass is 9.97. The Morgan fingerprint density at radius 1 is 1.36 bits per heavy atom. The van der Waals surface area contributed by atoms with Gasteiger partial charge in [-0.2, -0.15) is 0 Å². The summed E-state index contributed by atoms with van der Waals surface area (Å²) in [5.74, 6) is 0.420. The van der Waals surface area contributed by atoms with Gasteiger partial charge in [0.25, 0.3) is 0 Å². The van der Waals surface area contributed by atoms with Gasteiger partial charge in [0.15, 0.2) is 0 Å². The lowest BCUT2D eigenvalue weighted by Crippen LogP contribution is -2.54. The summed E-state index contributed by atoms with van der Waals surface area (Å²) in [5.41, 5.74) is 6.90. The molecule has 7 heteroatoms. The molecule has 1 saturated heterocycles. The number of carbonyl (C=O) groups excluding carboxylic acids is 1. The molecule has 1 aliphatic rings. The molecule has 0 aromatic heterocycles. The van der Waals surface area contributed by atoms with E-state index in [9.17, 15) is 15.0 Å². The highest BCUT2D eigenvalue weighted by Gasteiger charge is 2.45. The SMILES string of the molecule is COc1ccc(CC(N)C(=O)NC2[C@@H](CO)O[C@@H](C(C)C)[C@H]2O)cc1. The molecule has 0 radical (unpaired) electrons. The molecule has 140 valence electrons. The molecule has 0 spiro atoms. The van der Waals surface area contributed by atoms with Crippen LogP contribution in [0.2, 0.25) is 0 Å². The summed E-state index contributed by atoms with van der Waals surface area (Å²) < 4.78 is 10.8. The first-order valence-electron chi connectivity index (χ1n) is 8.50. The van der Waals surface area contributed by atoms with E-state index in [0.717, 1.165) is 11.3 Å². The molecule has 0 bridgehead atoms. The Hall–Kier alpha value is -1.67. The number of methoxy groups -OCH3 is 1. The smallest absolute Gasteiger partial charge is 0.237 e. The van der Waals surface area contributed by atoms with E-state index in [1.54, 1.807) is 7.11 Å². The number of rotatable bonds is 7. The highest BCUT2D eigenvalue weighted by atomic mass is 16.5. The van der Waals surface area contributed by atoms with Gasteiger partial charge in [0, 0.05) is 0 Å². The third-order valence-corrected chi connectivity index (χ3v) is 4.53. The Morgan fingerprint density at radius 2 is 2.00 bits per heavy atom. The number of carbonyl (C=O) groups is 1. The first-order chi connectivity index (χ1) is 11.9. The topological polar surface area (TPSA) is 114 Å². The number of hydrogen-bond acceptors (Lipinski definition) is 6. The van der Waals surface area contributed by atoms with Gasteiger partial charge in [-0.1, -0.05) is 26.0 Å². The maximum absolute atomic E-state index is 12.4. The van der Waals surface area contributed by atoms with Crippen LogP contribution in [0.25, 0.3) is 0 Å². The summed E-state index contributed by atoms with van der Waals surface area (Å²) in [6, 6.07) is 5.88. The van der Waals surface area contributed by atoms with Crippen LogP contribution in [0.15, 0.2) is 24.3 Å². The molecular formula is C18H28N2O5. The Labute approximate surface area is 148 Å². The third-order valence-electron chi connectivity index (χ3n) is 4.53. The number of aliphatic hydroxyl groups is 2. The Balaban J connectivity index is 1.97. The van der Waals surface area contributed by atoms with Crippen LogP contribution in [0.1, 0.15) is 19.4 Å². The van der Waals surface area contributed by atoms with Gasteiger partial charge in [-0.15, -0.1) is 0 Å². The van der Waals surface area contributed by atoms with E-state index in [1.807, 2.05) is 38.1 Å². The molecule has 2 rings (SSSR count). The van der Waals surface area contributed by atoms with Crippen molar-refractivity contribution in [2.75, 3.05) is 13.7 Å². The Kier molecular flexibility index (Phi) is 6.78. The van der Waals surface area contributed by atoms with Crippen LogP contribution in [-0.2, 0) is 16.0 Å².